The summed E-state index contributed by atoms with van der Waals surface area (Å²) >= 11 is 0. The fraction of sp³-hybridized carbons (Fsp3) is 0.727. The van der Waals surface area contributed by atoms with Gasteiger partial charge in [0.1, 0.15) is 0 Å². The number of nitrogens with zero attached hydrogens (tertiary/aromatic N) is 2. The van der Waals surface area contributed by atoms with Crippen molar-refractivity contribution in [2.45, 2.75) is 53.8 Å². The molecule has 0 amide bonds. The van der Waals surface area contributed by atoms with E-state index in [4.69, 9.17) is 0 Å². The molecule has 0 bridgehead atoms. The Morgan fingerprint density at radius 3 is 2.33 bits per heavy atom. The van der Waals surface area contributed by atoms with Gasteiger partial charge in [0.25, 0.3) is 0 Å². The first kappa shape index (κ1) is 14.5. The third-order valence-corrected chi connectivity index (χ3v) is 2.52. The number of nitrogens with one attached hydrogen (secondary N) is 1. The van der Waals surface area contributed by atoms with E-state index in [2.05, 4.69) is 49.7 Å². The summed E-state index contributed by atoms with van der Waals surface area (Å²) in [6.45, 7) is 12.5. The van der Waals surface area contributed by atoms with Gasteiger partial charge < -0.3 is 5.32 Å². The maximum atomic E-state index is 4.48. The van der Waals surface area contributed by atoms with Crippen LogP contribution in [0.25, 0.3) is 0 Å². The minimum Gasteiger partial charge on any atom is -0.310 e. The van der Waals surface area contributed by atoms with Crippen LogP contribution in [0.3, 0.4) is 0 Å². The molecular weight excluding hydrogens is 210 g/mol. The number of aryl methyl sites for hydroxylation is 2. The molecule has 0 radical (unpaired) electrons. The first-order valence-electron chi connectivity index (χ1n) is 5.32. The summed E-state index contributed by atoms with van der Waals surface area (Å²) in [5, 5.41) is 7.91. The number of hydrogen-bond acceptors (Lipinski definition) is 2. The topological polar surface area (TPSA) is 29.9 Å². The van der Waals surface area contributed by atoms with E-state index in [1.165, 1.54) is 11.3 Å². The van der Waals surface area contributed by atoms with E-state index in [9.17, 15) is 0 Å². The third kappa shape index (κ3) is 3.50. The van der Waals surface area contributed by atoms with E-state index >= 15 is 0 Å². The molecule has 0 saturated heterocycles. The van der Waals surface area contributed by atoms with Crippen molar-refractivity contribution in [2.24, 2.45) is 0 Å². The Morgan fingerprint density at radius 1 is 1.33 bits per heavy atom. The standard InChI is InChI=1S/C11H21N3.ClH/c1-6-14-10(5)11(9(4)13-14)7-12-8(2)3;/h8,12H,6-7H2,1-5H3;1H. The zero-order valence-electron chi connectivity index (χ0n) is 10.3. The summed E-state index contributed by atoms with van der Waals surface area (Å²) in [5.74, 6) is 0. The van der Waals surface area contributed by atoms with Gasteiger partial charge in [-0.15, -0.1) is 12.4 Å². The van der Waals surface area contributed by atoms with Crippen molar-refractivity contribution < 1.29 is 0 Å². The minimum absolute atomic E-state index is 0. The molecule has 0 aromatic carbocycles. The highest BCUT2D eigenvalue weighted by molar-refractivity contribution is 5.85. The molecule has 0 aliphatic heterocycles. The van der Waals surface area contributed by atoms with Crippen LogP contribution in [-0.2, 0) is 13.1 Å². The van der Waals surface area contributed by atoms with E-state index in [1.807, 2.05) is 0 Å². The minimum atomic E-state index is 0. The Morgan fingerprint density at radius 2 is 1.93 bits per heavy atom. The fourth-order valence-electron chi connectivity index (χ4n) is 1.60. The zero-order chi connectivity index (χ0) is 10.7. The predicted molar refractivity (Wildman–Crippen MR) is 66.6 cm³/mol. The third-order valence-electron chi connectivity index (χ3n) is 2.52. The van der Waals surface area contributed by atoms with Crippen LogP contribution < -0.4 is 5.32 Å². The van der Waals surface area contributed by atoms with Gasteiger partial charge in [-0.25, -0.2) is 0 Å². The Kier molecular flexibility index (Phi) is 5.91. The van der Waals surface area contributed by atoms with Crippen LogP contribution in [0.5, 0.6) is 0 Å². The molecule has 3 nitrogen and oxygen atoms in total. The molecule has 0 fully saturated rings. The maximum absolute atomic E-state index is 4.48. The highest BCUT2D eigenvalue weighted by atomic mass is 35.5. The summed E-state index contributed by atoms with van der Waals surface area (Å²) in [6.07, 6.45) is 0. The highest BCUT2D eigenvalue weighted by Gasteiger charge is 2.09. The van der Waals surface area contributed by atoms with Gasteiger partial charge in [-0.3, -0.25) is 4.68 Å². The van der Waals surface area contributed by atoms with Crippen LogP contribution in [0.1, 0.15) is 37.7 Å². The molecule has 1 N–H and O–H groups in total. The molecule has 4 heteroatoms. The molecule has 1 heterocycles. The van der Waals surface area contributed by atoms with E-state index < -0.39 is 0 Å². The van der Waals surface area contributed by atoms with Crippen molar-refractivity contribution >= 4 is 12.4 Å². The second kappa shape index (κ2) is 6.13. The lowest BCUT2D eigenvalue weighted by Gasteiger charge is -2.08. The molecule has 15 heavy (non-hydrogen) atoms. The van der Waals surface area contributed by atoms with Crippen LogP contribution in [0.4, 0.5) is 0 Å². The monoisotopic (exact) mass is 231 g/mol. The van der Waals surface area contributed by atoms with E-state index in [0.717, 1.165) is 18.8 Å². The van der Waals surface area contributed by atoms with E-state index in [0.29, 0.717) is 6.04 Å². The fourth-order valence-corrected chi connectivity index (χ4v) is 1.60. The smallest absolute Gasteiger partial charge is 0.0641 e. The lowest BCUT2D eigenvalue weighted by Crippen LogP contribution is -2.22. The van der Waals surface area contributed by atoms with Gasteiger partial charge in [0.15, 0.2) is 0 Å². The van der Waals surface area contributed by atoms with Crippen LogP contribution >= 0.6 is 12.4 Å². The largest absolute Gasteiger partial charge is 0.310 e. The Balaban J connectivity index is 0.00000196. The quantitative estimate of drug-likeness (QED) is 0.863. The summed E-state index contributed by atoms with van der Waals surface area (Å²) in [6, 6.07) is 0.527. The van der Waals surface area contributed by atoms with Gasteiger partial charge in [-0.05, 0) is 20.8 Å². The van der Waals surface area contributed by atoms with Gasteiger partial charge in [0.05, 0.1) is 5.69 Å². The molecule has 0 saturated carbocycles. The van der Waals surface area contributed by atoms with Crippen molar-refractivity contribution in [3.05, 3.63) is 17.0 Å². The molecule has 1 rings (SSSR count). The normalized spacial score (nSPS) is 10.5. The predicted octanol–water partition coefficient (Wildman–Crippen LogP) is 2.44. The van der Waals surface area contributed by atoms with Gasteiger partial charge in [-0.1, -0.05) is 13.8 Å². The summed E-state index contributed by atoms with van der Waals surface area (Å²) < 4.78 is 2.06. The lowest BCUT2D eigenvalue weighted by molar-refractivity contribution is 0.583. The first-order valence-corrected chi connectivity index (χ1v) is 5.32. The lowest BCUT2D eigenvalue weighted by atomic mass is 10.2. The average molecular weight is 232 g/mol. The number of rotatable bonds is 4. The highest BCUT2D eigenvalue weighted by Crippen LogP contribution is 2.12. The SMILES string of the molecule is CCn1nc(C)c(CNC(C)C)c1C.Cl. The van der Waals surface area contributed by atoms with E-state index in [-0.39, 0.29) is 12.4 Å². The van der Waals surface area contributed by atoms with Crippen LogP contribution in [-0.4, -0.2) is 15.8 Å². The summed E-state index contributed by atoms with van der Waals surface area (Å²) in [7, 11) is 0. The van der Waals surface area contributed by atoms with Gasteiger partial charge in [0.2, 0.25) is 0 Å². The molecule has 0 unspecified atom stereocenters. The van der Waals surface area contributed by atoms with Crippen molar-refractivity contribution in [1.82, 2.24) is 15.1 Å². The van der Waals surface area contributed by atoms with Crippen LogP contribution in [0, 0.1) is 13.8 Å². The van der Waals surface area contributed by atoms with Crippen LogP contribution in [0.15, 0.2) is 0 Å². The van der Waals surface area contributed by atoms with Crippen molar-refractivity contribution in [1.29, 1.82) is 0 Å². The molecule has 88 valence electrons. The number of hydrogen-bond donors (Lipinski definition) is 1. The molecule has 1 aromatic heterocycles. The molecule has 0 spiro atoms. The second-order valence-electron chi connectivity index (χ2n) is 4.00. The second-order valence-corrected chi connectivity index (χ2v) is 4.00. The molecule has 0 aliphatic carbocycles. The molecule has 0 aliphatic rings. The Hall–Kier alpha value is -0.540. The van der Waals surface area contributed by atoms with Crippen molar-refractivity contribution in [3.8, 4) is 0 Å². The molecule has 0 atom stereocenters. The van der Waals surface area contributed by atoms with Crippen molar-refractivity contribution in [3.63, 3.8) is 0 Å². The summed E-state index contributed by atoms with van der Waals surface area (Å²) in [4.78, 5) is 0. The first-order chi connectivity index (χ1) is 6.56. The Bertz CT molecular complexity index is 305. The number of halogens is 1. The van der Waals surface area contributed by atoms with E-state index in [1.54, 1.807) is 0 Å². The van der Waals surface area contributed by atoms with Gasteiger partial charge in [-0.2, -0.15) is 5.10 Å². The van der Waals surface area contributed by atoms with Gasteiger partial charge >= 0.3 is 0 Å². The summed E-state index contributed by atoms with van der Waals surface area (Å²) in [5.41, 5.74) is 3.79. The zero-order valence-corrected chi connectivity index (χ0v) is 11.1. The molecular formula is C11H22ClN3. The molecule has 1 aromatic rings. The Labute approximate surface area is 98.7 Å². The number of aromatic nitrogens is 2. The van der Waals surface area contributed by atoms with Crippen LogP contribution in [0.2, 0.25) is 0 Å². The van der Waals surface area contributed by atoms with Gasteiger partial charge in [0, 0.05) is 30.4 Å². The average Bonchev–Trinajstić information content (AvgIpc) is 2.39. The van der Waals surface area contributed by atoms with Crippen molar-refractivity contribution in [2.75, 3.05) is 0 Å². The maximum Gasteiger partial charge on any atom is 0.0641 e.